The van der Waals surface area contributed by atoms with Gasteiger partial charge in [0.25, 0.3) is 5.78 Å². The fraction of sp³-hybridized carbons (Fsp3) is 0.0833. The Morgan fingerprint density at radius 2 is 2.24 bits per heavy atom. The molecule has 1 aliphatic heterocycles. The molecule has 0 atom stereocenters. The molecule has 2 aromatic heterocycles. The van der Waals surface area contributed by atoms with Crippen LogP contribution in [0.1, 0.15) is 10.4 Å². The third-order valence-corrected chi connectivity index (χ3v) is 3.03. The van der Waals surface area contributed by atoms with E-state index in [-0.39, 0.29) is 5.56 Å². The number of aliphatic carboxylic acids is 1. The first-order valence-electron chi connectivity index (χ1n) is 5.92. The lowest BCUT2D eigenvalue weighted by atomic mass is 10.1. The summed E-state index contributed by atoms with van der Waals surface area (Å²) in [4.78, 5) is 29.8. The number of pyridine rings is 1. The predicted molar refractivity (Wildman–Crippen MR) is 72.5 cm³/mol. The molecule has 0 amide bonds. The van der Waals surface area contributed by atoms with E-state index < -0.39 is 11.8 Å². The number of anilines is 1. The first kappa shape index (κ1) is 12.9. The van der Waals surface area contributed by atoms with Crippen LogP contribution in [0.2, 0.25) is 0 Å². The lowest BCUT2D eigenvalue weighted by molar-refractivity contribution is -0.131. The fourth-order valence-electron chi connectivity index (χ4n) is 2.12. The Bertz CT molecular complexity index is 766. The Kier molecular flexibility index (Phi) is 2.95. The zero-order valence-corrected chi connectivity index (χ0v) is 10.9. The number of methoxy groups -OCH3 is 1. The third-order valence-electron chi connectivity index (χ3n) is 3.03. The van der Waals surface area contributed by atoms with Gasteiger partial charge in [-0.3, -0.25) is 4.79 Å². The lowest BCUT2D eigenvalue weighted by Crippen LogP contribution is -2.36. The second kappa shape index (κ2) is 4.80. The molecular formula is C12H11N5O4. The molecule has 0 spiro atoms. The van der Waals surface area contributed by atoms with Gasteiger partial charge in [-0.2, -0.15) is 0 Å². The van der Waals surface area contributed by atoms with Crippen LogP contribution in [-0.2, 0) is 4.79 Å². The number of hydrogen-bond acceptors (Lipinski definition) is 7. The molecular weight excluding hydrogens is 278 g/mol. The highest BCUT2D eigenvalue weighted by molar-refractivity contribution is 6.42. The van der Waals surface area contributed by atoms with Gasteiger partial charge >= 0.3 is 5.97 Å². The molecule has 0 aromatic carbocycles. The Hall–Kier alpha value is -3.07. The van der Waals surface area contributed by atoms with Crippen molar-refractivity contribution in [3.8, 4) is 5.75 Å². The monoisotopic (exact) mass is 289 g/mol. The van der Waals surface area contributed by atoms with E-state index in [9.17, 15) is 9.59 Å². The number of ether oxygens (including phenoxy) is 1. The van der Waals surface area contributed by atoms with Crippen LogP contribution in [-0.4, -0.2) is 33.9 Å². The number of nitrogens with zero attached hydrogens (tertiary/aromatic N) is 2. The summed E-state index contributed by atoms with van der Waals surface area (Å²) in [6.07, 6.45) is 6.11. The molecule has 0 saturated heterocycles. The zero-order valence-electron chi connectivity index (χ0n) is 10.9. The van der Waals surface area contributed by atoms with Gasteiger partial charge in [0.15, 0.2) is 5.82 Å². The van der Waals surface area contributed by atoms with Crippen LogP contribution in [0.5, 0.6) is 5.75 Å². The summed E-state index contributed by atoms with van der Waals surface area (Å²) in [5.41, 5.74) is 6.08. The summed E-state index contributed by atoms with van der Waals surface area (Å²) in [6, 6.07) is 0. The van der Waals surface area contributed by atoms with Crippen molar-refractivity contribution in [1.82, 2.24) is 20.9 Å². The van der Waals surface area contributed by atoms with Crippen LogP contribution in [0.25, 0.3) is 10.9 Å². The number of aromatic nitrogens is 2. The number of ketones is 1. The molecule has 21 heavy (non-hydrogen) atoms. The fourth-order valence-corrected chi connectivity index (χ4v) is 2.12. The average Bonchev–Trinajstić information content (AvgIpc) is 3.14. The number of carbonyl (C=O) groups excluding carboxylic acids is 1. The minimum atomic E-state index is -1.53. The highest BCUT2D eigenvalue weighted by Crippen LogP contribution is 2.33. The normalized spacial score (nSPS) is 13.5. The second-order valence-corrected chi connectivity index (χ2v) is 4.18. The third kappa shape index (κ3) is 1.96. The number of Topliss-reactive ketones (excluding diaryl/α,β-unsaturated/α-hetero) is 1. The van der Waals surface area contributed by atoms with Crippen molar-refractivity contribution in [2.45, 2.75) is 0 Å². The minimum Gasteiger partial charge on any atom is -0.494 e. The zero-order chi connectivity index (χ0) is 15.0. The van der Waals surface area contributed by atoms with Gasteiger partial charge in [0, 0.05) is 18.6 Å². The van der Waals surface area contributed by atoms with Crippen LogP contribution >= 0.6 is 0 Å². The summed E-state index contributed by atoms with van der Waals surface area (Å²) < 4.78 is 5.17. The van der Waals surface area contributed by atoms with Crippen LogP contribution < -0.4 is 20.7 Å². The summed E-state index contributed by atoms with van der Waals surface area (Å²) in [5, 5.41) is 10.8. The Labute approximate surface area is 118 Å². The summed E-state index contributed by atoms with van der Waals surface area (Å²) in [6.45, 7) is 0. The number of aromatic amines is 1. The van der Waals surface area contributed by atoms with Gasteiger partial charge in [-0.15, -0.1) is 5.53 Å². The van der Waals surface area contributed by atoms with Crippen LogP contribution in [0.15, 0.2) is 24.8 Å². The Morgan fingerprint density at radius 1 is 1.43 bits per heavy atom. The number of H-pyrrole nitrogens is 1. The number of rotatable bonds is 4. The molecule has 0 unspecified atom stereocenters. The molecule has 0 saturated carbocycles. The van der Waals surface area contributed by atoms with E-state index >= 15 is 0 Å². The van der Waals surface area contributed by atoms with Gasteiger partial charge in [-0.05, 0) is 0 Å². The van der Waals surface area contributed by atoms with Gasteiger partial charge in [0.1, 0.15) is 5.75 Å². The summed E-state index contributed by atoms with van der Waals surface area (Å²) >= 11 is 0. The van der Waals surface area contributed by atoms with Crippen molar-refractivity contribution in [3.63, 3.8) is 0 Å². The molecule has 9 nitrogen and oxygen atoms in total. The van der Waals surface area contributed by atoms with E-state index in [1.165, 1.54) is 19.5 Å². The first-order valence-corrected chi connectivity index (χ1v) is 5.92. The highest BCUT2D eigenvalue weighted by atomic mass is 16.5. The van der Waals surface area contributed by atoms with Crippen LogP contribution in [0.3, 0.4) is 0 Å². The highest BCUT2D eigenvalue weighted by Gasteiger charge is 2.25. The maximum absolute atomic E-state index is 11.8. The van der Waals surface area contributed by atoms with Gasteiger partial charge in [-0.1, -0.05) is 0 Å². The standard InChI is InChI=1S/C12H11N5O4/c1-21-7-5-14-11(17-3-2-15-16-17)9-8(7)6(4-13-9)10(18)12(19)20/h2-5,13,15-16H,1H3,(H,19,20). The topological polar surface area (TPSA) is 120 Å². The predicted octanol–water partition coefficient (Wildman–Crippen LogP) is 0.139. The van der Waals surface area contributed by atoms with Crippen molar-refractivity contribution in [2.24, 2.45) is 0 Å². The van der Waals surface area contributed by atoms with Gasteiger partial charge < -0.3 is 20.3 Å². The van der Waals surface area contributed by atoms with E-state index in [1.807, 2.05) is 0 Å². The van der Waals surface area contributed by atoms with Crippen LogP contribution in [0, 0.1) is 0 Å². The molecule has 3 heterocycles. The van der Waals surface area contributed by atoms with Crippen molar-refractivity contribution in [3.05, 3.63) is 30.4 Å². The second-order valence-electron chi connectivity index (χ2n) is 4.18. The van der Waals surface area contributed by atoms with E-state index in [4.69, 9.17) is 9.84 Å². The molecule has 3 rings (SSSR count). The molecule has 0 fully saturated rings. The summed E-state index contributed by atoms with van der Waals surface area (Å²) in [5.74, 6) is -1.76. The SMILES string of the molecule is COc1cnc(N2C=CNN2)c2[nH]cc(C(=O)C(=O)O)c12. The van der Waals surface area contributed by atoms with E-state index in [0.717, 1.165) is 0 Å². The molecule has 108 valence electrons. The number of nitrogens with one attached hydrogen (secondary N) is 3. The van der Waals surface area contributed by atoms with Gasteiger partial charge in [0.2, 0.25) is 0 Å². The first-order chi connectivity index (χ1) is 10.1. The molecule has 0 bridgehead atoms. The maximum atomic E-state index is 11.8. The van der Waals surface area contributed by atoms with E-state index in [0.29, 0.717) is 22.5 Å². The number of carboxylic acid groups (broad SMARTS) is 1. The van der Waals surface area contributed by atoms with E-state index in [2.05, 4.69) is 20.9 Å². The molecule has 9 heteroatoms. The molecule has 0 radical (unpaired) electrons. The average molecular weight is 289 g/mol. The molecule has 2 aromatic rings. The van der Waals surface area contributed by atoms with Crippen molar-refractivity contribution in [1.29, 1.82) is 0 Å². The van der Waals surface area contributed by atoms with Crippen molar-refractivity contribution in [2.75, 3.05) is 12.1 Å². The quantitative estimate of drug-likeness (QED) is 0.463. The van der Waals surface area contributed by atoms with E-state index in [1.54, 1.807) is 17.4 Å². The van der Waals surface area contributed by atoms with Gasteiger partial charge in [-0.25, -0.2) is 14.8 Å². The van der Waals surface area contributed by atoms with Crippen molar-refractivity contribution >= 4 is 28.5 Å². The Morgan fingerprint density at radius 3 is 2.86 bits per heavy atom. The molecule has 1 aliphatic rings. The number of carboxylic acids is 1. The lowest BCUT2D eigenvalue weighted by Gasteiger charge is -2.16. The number of hydrazine groups is 2. The molecule has 0 aliphatic carbocycles. The number of fused-ring (bicyclic) bond motifs is 1. The number of carbonyl (C=O) groups is 2. The Balaban J connectivity index is 2.24. The maximum Gasteiger partial charge on any atom is 0.377 e. The molecule has 4 N–H and O–H groups in total. The van der Waals surface area contributed by atoms with Crippen molar-refractivity contribution < 1.29 is 19.4 Å². The smallest absolute Gasteiger partial charge is 0.377 e. The number of hydrogen-bond donors (Lipinski definition) is 4. The largest absolute Gasteiger partial charge is 0.494 e. The van der Waals surface area contributed by atoms with Crippen LogP contribution in [0.4, 0.5) is 5.82 Å². The minimum absolute atomic E-state index is 0.0223. The summed E-state index contributed by atoms with van der Waals surface area (Å²) in [7, 11) is 1.42. The van der Waals surface area contributed by atoms with Gasteiger partial charge in [0.05, 0.1) is 29.8 Å².